The Bertz CT molecular complexity index is 2600. The number of fused-ring (bicyclic) bond motifs is 2. The van der Waals surface area contributed by atoms with Crippen LogP contribution in [-0.2, 0) is 20.2 Å². The van der Waals surface area contributed by atoms with Crippen LogP contribution in [-0.4, -0.2) is 60.9 Å². The van der Waals surface area contributed by atoms with E-state index in [1.165, 1.54) is 60.7 Å². The Morgan fingerprint density at radius 1 is 0.554 bits per heavy atom. The van der Waals surface area contributed by atoms with Crippen molar-refractivity contribution in [3.8, 4) is 0 Å². The molecule has 2 aliphatic rings. The van der Waals surface area contributed by atoms with E-state index >= 15 is 0 Å². The number of amides is 2. The molecule has 0 saturated carbocycles. The van der Waals surface area contributed by atoms with E-state index in [9.17, 15) is 50.2 Å². The number of allylic oxidation sites excluding steroid dienone is 2. The number of urea groups is 1. The predicted molar refractivity (Wildman–Crippen MR) is 189 cm³/mol. The molecule has 4 N–H and O–H groups in total. The number of carboxylic acids is 1. The maximum atomic E-state index is 13.3. The quantitative estimate of drug-likeness (QED) is 0.0696. The van der Waals surface area contributed by atoms with E-state index < -0.39 is 65.0 Å². The van der Waals surface area contributed by atoms with E-state index in [1.54, 1.807) is 30.3 Å². The topological polar surface area (TPSA) is 279 Å². The number of hydrazone groups is 2. The number of hydrogen-bond acceptors (Lipinski definition) is 15. The Hall–Kier alpha value is -3.80. The SMILES string of the molecule is O=C(Nc1ccc2c(c1)C=C(S(=O)(=O)[O-])C(=NNc1ccccc1)C2=O)Nc1ccc2c(c1)C=C(S(=O)(=O)[O-])C(=NNc1ccc(C(=O)[O-])cc1)C2=O.[Na+].[Na+].[Na+]. The van der Waals surface area contributed by atoms with Gasteiger partial charge in [-0.15, -0.1) is 0 Å². The van der Waals surface area contributed by atoms with Crippen LogP contribution in [0.25, 0.3) is 12.2 Å². The van der Waals surface area contributed by atoms with Gasteiger partial charge in [0.1, 0.15) is 31.7 Å². The van der Waals surface area contributed by atoms with E-state index in [0.717, 1.165) is 12.2 Å². The second kappa shape index (κ2) is 19.1. The summed E-state index contributed by atoms with van der Waals surface area (Å²) >= 11 is 0. The Labute approximate surface area is 385 Å². The molecular formula is C34H21N6Na3O11S2. The molecule has 268 valence electrons. The van der Waals surface area contributed by atoms with E-state index in [-0.39, 0.29) is 134 Å². The molecule has 0 fully saturated rings. The zero-order chi connectivity index (χ0) is 38.1. The van der Waals surface area contributed by atoms with Crippen molar-refractivity contribution in [2.45, 2.75) is 0 Å². The first-order valence-electron chi connectivity index (χ1n) is 14.9. The summed E-state index contributed by atoms with van der Waals surface area (Å²) in [5.41, 5.74) is 4.10. The molecule has 0 heterocycles. The van der Waals surface area contributed by atoms with Crippen LogP contribution >= 0.6 is 0 Å². The third-order valence-corrected chi connectivity index (χ3v) is 9.30. The van der Waals surface area contributed by atoms with Gasteiger partial charge >= 0.3 is 94.7 Å². The number of benzene rings is 4. The minimum atomic E-state index is -5.26. The Morgan fingerprint density at radius 2 is 0.946 bits per heavy atom. The number of para-hydroxylation sites is 1. The summed E-state index contributed by atoms with van der Waals surface area (Å²) in [7, 11) is -10.4. The third-order valence-electron chi connectivity index (χ3n) is 7.60. The standard InChI is InChI=1S/C34H24N6O11S2.3Na/c41-31-25-12-10-23(14-19(25)16-27(52(46,47)48)29(31)39-37-21-4-2-1-3-5-21)35-34(45)36-24-11-13-26-20(15-24)17-28(53(49,50)51)30(32(26)42)40-38-22-8-6-18(7-9-22)33(43)44;;;/h1-17,37-38H,(H,43,44)(H2,35,36,45)(H,46,47,48)(H,49,50,51);;;/q;3*+1/p-3. The average molecular weight is 823 g/mol. The summed E-state index contributed by atoms with van der Waals surface area (Å²) in [6.45, 7) is 0. The van der Waals surface area contributed by atoms with Gasteiger partial charge in [-0.1, -0.05) is 30.3 Å². The van der Waals surface area contributed by atoms with Crippen LogP contribution in [0.15, 0.2) is 111 Å². The van der Waals surface area contributed by atoms with Crippen molar-refractivity contribution in [1.29, 1.82) is 0 Å². The first-order chi connectivity index (χ1) is 25.1. The van der Waals surface area contributed by atoms with Gasteiger partial charge in [0.25, 0.3) is 0 Å². The zero-order valence-electron chi connectivity index (χ0n) is 29.5. The van der Waals surface area contributed by atoms with Gasteiger partial charge in [-0.2, -0.15) is 10.2 Å². The fraction of sp³-hybridized carbons (Fsp3) is 0. The summed E-state index contributed by atoms with van der Waals surface area (Å²) in [6.07, 6.45) is 1.87. The number of nitrogens with zero attached hydrogens (tertiary/aromatic N) is 2. The number of anilines is 4. The van der Waals surface area contributed by atoms with Crippen molar-refractivity contribution < 1.29 is 139 Å². The van der Waals surface area contributed by atoms with E-state index in [1.807, 2.05) is 0 Å². The summed E-state index contributed by atoms with van der Waals surface area (Å²) in [5.74, 6) is -3.23. The van der Waals surface area contributed by atoms with Crippen molar-refractivity contribution in [1.82, 2.24) is 0 Å². The molecule has 22 heteroatoms. The van der Waals surface area contributed by atoms with Crippen LogP contribution in [0, 0.1) is 0 Å². The molecule has 6 rings (SSSR count). The van der Waals surface area contributed by atoms with Crippen molar-refractivity contribution >= 4 is 90.1 Å². The maximum Gasteiger partial charge on any atom is 1.00 e. The summed E-state index contributed by atoms with van der Waals surface area (Å²) < 4.78 is 72.7. The fourth-order valence-corrected chi connectivity index (χ4v) is 6.45. The van der Waals surface area contributed by atoms with Crippen LogP contribution in [0.2, 0.25) is 0 Å². The van der Waals surface area contributed by atoms with Crippen LogP contribution in [0.3, 0.4) is 0 Å². The molecule has 56 heavy (non-hydrogen) atoms. The van der Waals surface area contributed by atoms with Crippen LogP contribution in [0.1, 0.15) is 42.2 Å². The Balaban J connectivity index is 0.00000280. The largest absolute Gasteiger partial charge is 1.00 e. The van der Waals surface area contributed by atoms with Gasteiger partial charge < -0.3 is 29.6 Å². The molecule has 2 amide bonds. The van der Waals surface area contributed by atoms with E-state index in [0.29, 0.717) is 5.69 Å². The molecule has 0 saturated heterocycles. The van der Waals surface area contributed by atoms with Gasteiger partial charge in [-0.25, -0.2) is 21.6 Å². The van der Waals surface area contributed by atoms with Crippen LogP contribution < -0.4 is 115 Å². The van der Waals surface area contributed by atoms with Gasteiger partial charge in [0.15, 0.2) is 0 Å². The monoisotopic (exact) mass is 822 g/mol. The number of carboxylic acid groups (broad SMARTS) is 1. The van der Waals surface area contributed by atoms with E-state index in [4.69, 9.17) is 0 Å². The maximum absolute atomic E-state index is 13.3. The second-order valence-corrected chi connectivity index (χ2v) is 13.8. The number of hydrogen-bond donors (Lipinski definition) is 4. The van der Waals surface area contributed by atoms with Gasteiger partial charge in [0.2, 0.25) is 11.6 Å². The predicted octanol–water partition coefficient (Wildman–Crippen LogP) is -6.19. The third kappa shape index (κ3) is 10.8. The average Bonchev–Trinajstić information content (AvgIpc) is 3.10. The minimum Gasteiger partial charge on any atom is -0.744 e. The number of aromatic carboxylic acids is 1. The van der Waals surface area contributed by atoms with Crippen molar-refractivity contribution in [3.05, 3.63) is 129 Å². The van der Waals surface area contributed by atoms with Crippen molar-refractivity contribution in [3.63, 3.8) is 0 Å². The molecule has 0 aliphatic heterocycles. The molecule has 2 aliphatic carbocycles. The van der Waals surface area contributed by atoms with Gasteiger partial charge in [0.05, 0.1) is 27.2 Å². The fourth-order valence-electron chi connectivity index (χ4n) is 5.15. The number of rotatable bonds is 9. The number of nitrogens with one attached hydrogen (secondary N) is 4. The molecule has 0 atom stereocenters. The first kappa shape index (κ1) is 46.6. The zero-order valence-corrected chi connectivity index (χ0v) is 37.1. The second-order valence-electron chi connectivity index (χ2n) is 11.1. The number of carbonyl (C=O) groups is 4. The van der Waals surface area contributed by atoms with Crippen LogP contribution in [0.5, 0.6) is 0 Å². The number of Topliss-reactive ketones (excluding diaryl/α,β-unsaturated/α-hetero) is 2. The molecule has 4 aromatic rings. The number of ketones is 2. The van der Waals surface area contributed by atoms with Gasteiger partial charge in [0, 0.05) is 22.5 Å². The Kier molecular flexibility index (Phi) is 15.9. The van der Waals surface area contributed by atoms with Gasteiger partial charge in [-0.05, 0) is 89.5 Å². The Morgan fingerprint density at radius 3 is 1.34 bits per heavy atom. The molecule has 0 radical (unpaired) electrons. The molecule has 17 nitrogen and oxygen atoms in total. The van der Waals surface area contributed by atoms with E-state index in [2.05, 4.69) is 31.7 Å². The van der Waals surface area contributed by atoms with Gasteiger partial charge in [-0.3, -0.25) is 20.4 Å². The summed E-state index contributed by atoms with van der Waals surface area (Å²) in [6, 6.07) is 20.0. The van der Waals surface area contributed by atoms with Crippen LogP contribution in [0.4, 0.5) is 27.5 Å². The molecule has 4 aromatic carbocycles. The molecule has 0 unspecified atom stereocenters. The molecular weight excluding hydrogens is 802 g/mol. The summed E-state index contributed by atoms with van der Waals surface area (Å²) in [4.78, 5) is 48.5. The molecule has 0 bridgehead atoms. The van der Waals surface area contributed by atoms with Crippen molar-refractivity contribution in [2.75, 3.05) is 21.5 Å². The smallest absolute Gasteiger partial charge is 0.744 e. The first-order valence-corrected chi connectivity index (χ1v) is 17.8. The van der Waals surface area contributed by atoms with Crippen molar-refractivity contribution in [2.24, 2.45) is 10.2 Å². The molecule has 0 aromatic heterocycles. The summed E-state index contributed by atoms with van der Waals surface area (Å²) in [5, 5.41) is 23.6. The minimum absolute atomic E-state index is 0. The normalized spacial score (nSPS) is 14.7. The number of carbonyl (C=O) groups excluding carboxylic acids is 4. The molecule has 0 spiro atoms.